The van der Waals surface area contributed by atoms with Gasteiger partial charge in [-0.05, 0) is 54.3 Å². The molecule has 9 heteroatoms. The lowest BCUT2D eigenvalue weighted by molar-refractivity contribution is -0.132. The second-order valence-electron chi connectivity index (χ2n) is 9.82. The van der Waals surface area contributed by atoms with Crippen LogP contribution in [0, 0.1) is 30.1 Å². The van der Waals surface area contributed by atoms with Gasteiger partial charge in [-0.3, -0.25) is 9.59 Å². The molecule has 3 aromatic rings. The third-order valence-electron chi connectivity index (χ3n) is 7.14. The minimum Gasteiger partial charge on any atom is -0.483 e. The van der Waals surface area contributed by atoms with Gasteiger partial charge in [0.2, 0.25) is 0 Å². The van der Waals surface area contributed by atoms with Crippen molar-refractivity contribution in [2.45, 2.75) is 26.7 Å². The highest BCUT2D eigenvalue weighted by atomic mass is 16.5. The molecule has 2 aromatic carbocycles. The van der Waals surface area contributed by atoms with Crippen LogP contribution in [0.25, 0.3) is 11.0 Å². The monoisotopic (exact) mass is 472 g/mol. The molecule has 2 aliphatic rings. The first-order valence-corrected chi connectivity index (χ1v) is 11.9. The number of nitrogens with one attached hydrogen (secondary N) is 1. The number of nitriles is 1. The van der Waals surface area contributed by atoms with Gasteiger partial charge in [0, 0.05) is 43.6 Å². The molecule has 0 bridgehead atoms. The lowest BCUT2D eigenvalue weighted by Gasteiger charge is -2.22. The number of aryl methyl sites for hydroxylation is 1. The maximum atomic E-state index is 13.0. The van der Waals surface area contributed by atoms with Crippen molar-refractivity contribution in [3.8, 4) is 11.8 Å². The first kappa shape index (κ1) is 22.8. The molecule has 1 N–H and O–H groups in total. The van der Waals surface area contributed by atoms with Crippen LogP contribution in [0.5, 0.6) is 5.75 Å². The largest absolute Gasteiger partial charge is 0.483 e. The summed E-state index contributed by atoms with van der Waals surface area (Å²) >= 11 is 0. The van der Waals surface area contributed by atoms with Crippen molar-refractivity contribution in [3.05, 3.63) is 52.6 Å². The molecule has 0 saturated carbocycles. The average Bonchev–Trinajstić information content (AvgIpc) is 3.56. The molecule has 2 fully saturated rings. The van der Waals surface area contributed by atoms with Gasteiger partial charge in [-0.15, -0.1) is 0 Å². The summed E-state index contributed by atoms with van der Waals surface area (Å²) in [6.45, 7) is 8.44. The molecule has 35 heavy (non-hydrogen) atoms. The quantitative estimate of drug-likeness (QED) is 0.611. The summed E-state index contributed by atoms with van der Waals surface area (Å²) in [4.78, 5) is 29.7. The van der Waals surface area contributed by atoms with Crippen molar-refractivity contribution in [1.29, 1.82) is 5.26 Å². The number of likely N-dealkylation sites (tertiary alicyclic amines) is 2. The Morgan fingerprint density at radius 3 is 2.46 bits per heavy atom. The van der Waals surface area contributed by atoms with Gasteiger partial charge in [-0.25, -0.2) is 0 Å². The maximum Gasteiger partial charge on any atom is 0.260 e. The summed E-state index contributed by atoms with van der Waals surface area (Å²) in [6.07, 6.45) is 0. The fourth-order valence-electron chi connectivity index (χ4n) is 5.14. The van der Waals surface area contributed by atoms with Crippen LogP contribution in [0.3, 0.4) is 0 Å². The number of carbonyl (C=O) groups excluding carboxylic acids is 2. The van der Waals surface area contributed by atoms with Crippen molar-refractivity contribution in [3.63, 3.8) is 0 Å². The Morgan fingerprint density at radius 2 is 1.77 bits per heavy atom. The smallest absolute Gasteiger partial charge is 0.260 e. The van der Waals surface area contributed by atoms with Gasteiger partial charge in [-0.1, -0.05) is 13.8 Å². The Morgan fingerprint density at radius 1 is 1.09 bits per heavy atom. The molecule has 0 spiro atoms. The third kappa shape index (κ3) is 4.32. The number of aromatic nitrogens is 3. The maximum absolute atomic E-state index is 13.0. The zero-order chi connectivity index (χ0) is 24.7. The van der Waals surface area contributed by atoms with E-state index in [1.54, 1.807) is 18.2 Å². The van der Waals surface area contributed by atoms with Gasteiger partial charge in [0.15, 0.2) is 6.61 Å². The number of benzene rings is 2. The van der Waals surface area contributed by atoms with E-state index >= 15 is 0 Å². The number of amides is 2. The Balaban J connectivity index is 1.18. The standard InChI is InChI=1S/C26H28N6O3/c1-15(2)21-7-18(9-27)16(3)6-24(21)35-14-25(33)31-10-19-12-32(13-20(19)11-31)26(34)17-4-5-22-23(8-17)29-30-28-22/h4-8,15,19-20H,10-14H2,1-3H3,(H,28,29,30). The highest BCUT2D eigenvalue weighted by Gasteiger charge is 2.43. The molecule has 0 radical (unpaired) electrons. The molecule has 1 aromatic heterocycles. The van der Waals surface area contributed by atoms with Crippen molar-refractivity contribution < 1.29 is 14.3 Å². The van der Waals surface area contributed by atoms with E-state index in [9.17, 15) is 14.9 Å². The van der Waals surface area contributed by atoms with Crippen molar-refractivity contribution >= 4 is 22.8 Å². The number of fused-ring (bicyclic) bond motifs is 2. The van der Waals surface area contributed by atoms with E-state index in [4.69, 9.17) is 4.74 Å². The topological polar surface area (TPSA) is 115 Å². The van der Waals surface area contributed by atoms with E-state index in [0.29, 0.717) is 48.6 Å². The minimum absolute atomic E-state index is 0.0112. The zero-order valence-corrected chi connectivity index (χ0v) is 20.1. The SMILES string of the molecule is Cc1cc(OCC(=O)N2CC3CN(C(=O)c4ccc5n[nH]nc5c4)CC3C2)c(C(C)C)cc1C#N. The zero-order valence-electron chi connectivity index (χ0n) is 20.1. The molecule has 2 unspecified atom stereocenters. The van der Waals surface area contributed by atoms with Crippen LogP contribution in [0.2, 0.25) is 0 Å². The first-order chi connectivity index (χ1) is 16.8. The number of aromatic amines is 1. The molecule has 2 amide bonds. The molecule has 5 rings (SSSR count). The second-order valence-corrected chi connectivity index (χ2v) is 9.82. The molecular weight excluding hydrogens is 444 g/mol. The van der Waals surface area contributed by atoms with Crippen LogP contribution >= 0.6 is 0 Å². The van der Waals surface area contributed by atoms with Gasteiger partial charge in [0.25, 0.3) is 11.8 Å². The van der Waals surface area contributed by atoms with Crippen molar-refractivity contribution in [1.82, 2.24) is 25.2 Å². The Kier molecular flexibility index (Phi) is 5.89. The molecule has 2 aliphatic heterocycles. The van der Waals surface area contributed by atoms with Gasteiger partial charge >= 0.3 is 0 Å². The van der Waals surface area contributed by atoms with Gasteiger partial charge in [0.05, 0.1) is 11.6 Å². The van der Waals surface area contributed by atoms with Crippen LogP contribution in [0.15, 0.2) is 30.3 Å². The van der Waals surface area contributed by atoms with Crippen LogP contribution in [0.4, 0.5) is 0 Å². The molecular formula is C26H28N6O3. The lowest BCUT2D eigenvalue weighted by atomic mass is 9.97. The summed E-state index contributed by atoms with van der Waals surface area (Å²) < 4.78 is 5.94. The highest BCUT2D eigenvalue weighted by Crippen LogP contribution is 2.33. The fraction of sp³-hybridized carbons (Fsp3) is 0.423. The molecule has 3 heterocycles. The molecule has 0 aliphatic carbocycles. The number of rotatable bonds is 5. The highest BCUT2D eigenvalue weighted by molar-refractivity contribution is 5.97. The first-order valence-electron chi connectivity index (χ1n) is 11.9. The van der Waals surface area contributed by atoms with Gasteiger partial charge in [0.1, 0.15) is 16.8 Å². The van der Waals surface area contributed by atoms with E-state index in [1.165, 1.54) is 0 Å². The number of carbonyl (C=O) groups is 2. The van der Waals surface area contributed by atoms with E-state index in [-0.39, 0.29) is 36.2 Å². The number of ether oxygens (including phenoxy) is 1. The summed E-state index contributed by atoms with van der Waals surface area (Å²) in [5, 5.41) is 20.0. The number of H-pyrrole nitrogens is 1. The van der Waals surface area contributed by atoms with E-state index in [1.807, 2.05) is 42.7 Å². The number of nitrogens with zero attached hydrogens (tertiary/aromatic N) is 5. The molecule has 2 atom stereocenters. The third-order valence-corrected chi connectivity index (χ3v) is 7.14. The number of hydrogen-bond donors (Lipinski definition) is 1. The summed E-state index contributed by atoms with van der Waals surface area (Å²) in [6, 6.07) is 11.3. The predicted molar refractivity (Wildman–Crippen MR) is 129 cm³/mol. The van der Waals surface area contributed by atoms with Crippen molar-refractivity contribution in [2.24, 2.45) is 11.8 Å². The summed E-state index contributed by atoms with van der Waals surface area (Å²) in [7, 11) is 0. The van der Waals surface area contributed by atoms with Gasteiger partial charge < -0.3 is 14.5 Å². The summed E-state index contributed by atoms with van der Waals surface area (Å²) in [5.41, 5.74) is 4.39. The molecule has 180 valence electrons. The van der Waals surface area contributed by atoms with E-state index < -0.39 is 0 Å². The van der Waals surface area contributed by atoms with Gasteiger partial charge in [-0.2, -0.15) is 20.7 Å². The lowest BCUT2D eigenvalue weighted by Crippen LogP contribution is -2.37. The minimum atomic E-state index is -0.0505. The summed E-state index contributed by atoms with van der Waals surface area (Å²) in [5.74, 6) is 1.30. The van der Waals surface area contributed by atoms with Crippen LogP contribution < -0.4 is 4.74 Å². The van der Waals surface area contributed by atoms with Crippen LogP contribution in [0.1, 0.15) is 46.8 Å². The van der Waals surface area contributed by atoms with E-state index in [0.717, 1.165) is 16.6 Å². The van der Waals surface area contributed by atoms with Crippen LogP contribution in [-0.4, -0.2) is 69.8 Å². The van der Waals surface area contributed by atoms with Crippen LogP contribution in [-0.2, 0) is 4.79 Å². The van der Waals surface area contributed by atoms with Crippen molar-refractivity contribution in [2.75, 3.05) is 32.8 Å². The fourth-order valence-corrected chi connectivity index (χ4v) is 5.14. The average molecular weight is 473 g/mol. The Hall–Kier alpha value is -3.93. The number of hydrogen-bond acceptors (Lipinski definition) is 6. The van der Waals surface area contributed by atoms with E-state index in [2.05, 4.69) is 21.5 Å². The normalized spacial score (nSPS) is 19.3. The molecule has 9 nitrogen and oxygen atoms in total. The Bertz CT molecular complexity index is 1330. The Labute approximate surface area is 203 Å². The molecule has 2 saturated heterocycles. The second kappa shape index (κ2) is 9.02. The predicted octanol–water partition coefficient (Wildman–Crippen LogP) is 2.87.